The molecule has 0 bridgehead atoms. The Morgan fingerprint density at radius 1 is 1.21 bits per heavy atom. The van der Waals surface area contributed by atoms with Crippen LogP contribution in [-0.2, 0) is 22.7 Å². The highest BCUT2D eigenvalue weighted by molar-refractivity contribution is 8.77. The van der Waals surface area contributed by atoms with Crippen molar-refractivity contribution in [1.29, 1.82) is 0 Å². The maximum Gasteiger partial charge on any atom is 0.325 e. The highest BCUT2D eigenvalue weighted by atomic mass is 33.1. The first kappa shape index (κ1) is 22.0. The SMILES string of the molecule is CC1(C)NC(=O)N(Cc2ccc(CNC(=O)CCCC[C@H]3CCSS3)cc2)C1=O. The van der Waals surface area contributed by atoms with E-state index in [9.17, 15) is 14.4 Å². The Balaban J connectivity index is 1.37. The van der Waals surface area contributed by atoms with Crippen molar-refractivity contribution in [2.75, 3.05) is 5.75 Å². The first-order chi connectivity index (χ1) is 13.8. The lowest BCUT2D eigenvalue weighted by Gasteiger charge is -2.16. The minimum atomic E-state index is -0.851. The second kappa shape index (κ2) is 9.89. The summed E-state index contributed by atoms with van der Waals surface area (Å²) in [6.45, 7) is 4.14. The number of carbonyl (C=O) groups is 3. The summed E-state index contributed by atoms with van der Waals surface area (Å²) in [4.78, 5) is 37.5. The molecule has 2 aliphatic heterocycles. The summed E-state index contributed by atoms with van der Waals surface area (Å²) in [7, 11) is 3.95. The fourth-order valence-electron chi connectivity index (χ4n) is 3.42. The van der Waals surface area contributed by atoms with Crippen molar-refractivity contribution in [3.8, 4) is 0 Å². The molecule has 2 aliphatic rings. The summed E-state index contributed by atoms with van der Waals surface area (Å²) < 4.78 is 0. The second-order valence-electron chi connectivity index (χ2n) is 8.11. The van der Waals surface area contributed by atoms with Crippen LogP contribution in [0.1, 0.15) is 57.1 Å². The molecule has 1 aromatic carbocycles. The van der Waals surface area contributed by atoms with Crippen molar-refractivity contribution >= 4 is 39.4 Å². The predicted octanol–water partition coefficient (Wildman–Crippen LogP) is 3.85. The molecule has 6 nitrogen and oxygen atoms in total. The third-order valence-electron chi connectivity index (χ3n) is 5.20. The summed E-state index contributed by atoms with van der Waals surface area (Å²) in [6.07, 6.45) is 5.13. The Labute approximate surface area is 180 Å². The van der Waals surface area contributed by atoms with Crippen molar-refractivity contribution in [2.24, 2.45) is 0 Å². The lowest BCUT2D eigenvalue weighted by molar-refractivity contribution is -0.130. The van der Waals surface area contributed by atoms with Crippen LogP contribution in [0, 0.1) is 0 Å². The van der Waals surface area contributed by atoms with Gasteiger partial charge in [0.05, 0.1) is 6.54 Å². The van der Waals surface area contributed by atoms with Gasteiger partial charge in [-0.3, -0.25) is 14.5 Å². The maximum absolute atomic E-state index is 12.3. The molecule has 158 valence electrons. The molecule has 4 amide bonds. The Kier molecular flexibility index (Phi) is 7.51. The zero-order chi connectivity index (χ0) is 20.9. The average Bonchev–Trinajstić information content (AvgIpc) is 3.27. The molecule has 2 heterocycles. The molecular weight excluding hydrogens is 406 g/mol. The molecule has 2 fully saturated rings. The number of nitrogens with one attached hydrogen (secondary N) is 2. The fraction of sp³-hybridized carbons (Fsp3) is 0.571. The Morgan fingerprint density at radius 2 is 1.93 bits per heavy atom. The quantitative estimate of drug-likeness (QED) is 0.350. The molecule has 0 saturated carbocycles. The van der Waals surface area contributed by atoms with E-state index in [0.29, 0.717) is 13.0 Å². The van der Waals surface area contributed by atoms with Gasteiger partial charge in [0, 0.05) is 24.0 Å². The van der Waals surface area contributed by atoms with Crippen LogP contribution < -0.4 is 10.6 Å². The highest BCUT2D eigenvalue weighted by Gasteiger charge is 2.43. The van der Waals surface area contributed by atoms with Crippen molar-refractivity contribution in [3.05, 3.63) is 35.4 Å². The van der Waals surface area contributed by atoms with E-state index in [1.807, 2.05) is 45.9 Å². The topological polar surface area (TPSA) is 78.5 Å². The van der Waals surface area contributed by atoms with Crippen molar-refractivity contribution in [3.63, 3.8) is 0 Å². The minimum Gasteiger partial charge on any atom is -0.352 e. The number of urea groups is 1. The van der Waals surface area contributed by atoms with Crippen molar-refractivity contribution in [1.82, 2.24) is 15.5 Å². The molecule has 0 unspecified atom stereocenters. The minimum absolute atomic E-state index is 0.0871. The van der Waals surface area contributed by atoms with Crippen LogP contribution in [0.2, 0.25) is 0 Å². The van der Waals surface area contributed by atoms with Gasteiger partial charge in [0.1, 0.15) is 5.54 Å². The normalized spacial score (nSPS) is 20.8. The summed E-state index contributed by atoms with van der Waals surface area (Å²) in [5, 5.41) is 6.42. The van der Waals surface area contributed by atoms with Crippen molar-refractivity contribution < 1.29 is 14.4 Å². The van der Waals surface area contributed by atoms with Crippen LogP contribution >= 0.6 is 21.6 Å². The monoisotopic (exact) mass is 435 g/mol. The first-order valence-corrected chi connectivity index (χ1v) is 12.5. The van der Waals surface area contributed by atoms with E-state index in [1.54, 1.807) is 13.8 Å². The van der Waals surface area contributed by atoms with Crippen LogP contribution in [0.5, 0.6) is 0 Å². The molecular formula is C21H29N3O3S2. The van der Waals surface area contributed by atoms with Gasteiger partial charge in [-0.25, -0.2) is 4.79 Å². The van der Waals surface area contributed by atoms with Gasteiger partial charge in [0.2, 0.25) is 5.91 Å². The Hall–Kier alpha value is -1.67. The van der Waals surface area contributed by atoms with Gasteiger partial charge in [0.15, 0.2) is 0 Å². The van der Waals surface area contributed by atoms with Crippen LogP contribution in [0.4, 0.5) is 4.79 Å². The molecule has 2 saturated heterocycles. The van der Waals surface area contributed by atoms with Crippen LogP contribution in [0.15, 0.2) is 24.3 Å². The smallest absolute Gasteiger partial charge is 0.325 e. The van der Waals surface area contributed by atoms with Gasteiger partial charge >= 0.3 is 6.03 Å². The van der Waals surface area contributed by atoms with Crippen LogP contribution in [-0.4, -0.2) is 39.3 Å². The number of nitrogens with zero attached hydrogens (tertiary/aromatic N) is 1. The van der Waals surface area contributed by atoms with E-state index in [-0.39, 0.29) is 24.4 Å². The number of rotatable bonds is 9. The molecule has 2 N–H and O–H groups in total. The standard InChI is InChI=1S/C21H29N3O3S2/c1-21(2)19(26)24(20(27)23-21)14-16-9-7-15(8-10-16)13-22-18(25)6-4-3-5-17-11-12-28-29-17/h7-10,17H,3-6,11-14H2,1-2H3,(H,22,25)(H,23,27)/t17-/m0/s1. The van der Waals surface area contributed by atoms with Crippen molar-refractivity contribution in [2.45, 2.75) is 69.8 Å². The molecule has 0 aliphatic carbocycles. The predicted molar refractivity (Wildman–Crippen MR) is 118 cm³/mol. The molecule has 0 aromatic heterocycles. The molecule has 0 spiro atoms. The molecule has 1 atom stereocenters. The highest BCUT2D eigenvalue weighted by Crippen LogP contribution is 2.39. The molecule has 29 heavy (non-hydrogen) atoms. The number of benzene rings is 1. The van der Waals surface area contributed by atoms with Gasteiger partial charge in [-0.15, -0.1) is 0 Å². The van der Waals surface area contributed by atoms with Gasteiger partial charge < -0.3 is 10.6 Å². The lowest BCUT2D eigenvalue weighted by atomic mass is 10.1. The number of hydrogen-bond acceptors (Lipinski definition) is 5. The van der Waals surface area contributed by atoms with E-state index >= 15 is 0 Å². The van der Waals surface area contributed by atoms with Gasteiger partial charge in [-0.05, 0) is 44.2 Å². The number of unbranched alkanes of at least 4 members (excludes halogenated alkanes) is 1. The largest absolute Gasteiger partial charge is 0.352 e. The average molecular weight is 436 g/mol. The van der Waals surface area contributed by atoms with Gasteiger partial charge in [0.25, 0.3) is 5.91 Å². The van der Waals surface area contributed by atoms with Crippen LogP contribution in [0.25, 0.3) is 0 Å². The number of imide groups is 1. The maximum atomic E-state index is 12.3. The third-order valence-corrected chi connectivity index (χ3v) is 8.21. The molecule has 0 radical (unpaired) electrons. The molecule has 3 rings (SSSR count). The second-order valence-corrected chi connectivity index (χ2v) is 10.9. The zero-order valence-corrected chi connectivity index (χ0v) is 18.7. The van der Waals surface area contributed by atoms with Gasteiger partial charge in [-0.2, -0.15) is 0 Å². The zero-order valence-electron chi connectivity index (χ0n) is 17.0. The lowest BCUT2D eigenvalue weighted by Crippen LogP contribution is -2.40. The molecule has 1 aromatic rings. The summed E-state index contributed by atoms with van der Waals surface area (Å²) in [5.41, 5.74) is 1.03. The fourth-order valence-corrected chi connectivity index (χ4v) is 6.45. The molecule has 8 heteroatoms. The Morgan fingerprint density at radius 3 is 2.55 bits per heavy atom. The number of carbonyl (C=O) groups excluding carboxylic acids is 3. The summed E-state index contributed by atoms with van der Waals surface area (Å²) in [6, 6.07) is 7.28. The Bertz CT molecular complexity index is 746. The first-order valence-electron chi connectivity index (χ1n) is 10.1. The van der Waals surface area contributed by atoms with Gasteiger partial charge in [-0.1, -0.05) is 52.3 Å². The summed E-state index contributed by atoms with van der Waals surface area (Å²) in [5.74, 6) is 1.13. The number of amides is 4. The van der Waals surface area contributed by atoms with E-state index in [2.05, 4.69) is 10.6 Å². The summed E-state index contributed by atoms with van der Waals surface area (Å²) >= 11 is 0. The third kappa shape index (κ3) is 6.15. The number of hydrogen-bond donors (Lipinski definition) is 2. The van der Waals surface area contributed by atoms with E-state index in [1.165, 1.54) is 23.5 Å². The van der Waals surface area contributed by atoms with Crippen LogP contribution in [0.3, 0.4) is 0 Å². The van der Waals surface area contributed by atoms with E-state index < -0.39 is 5.54 Å². The van der Waals surface area contributed by atoms with E-state index in [4.69, 9.17) is 0 Å². The van der Waals surface area contributed by atoms with E-state index in [0.717, 1.165) is 29.2 Å².